The van der Waals surface area contributed by atoms with Crippen LogP contribution in [0.5, 0.6) is 5.75 Å². The molecule has 2 amide bonds. The number of benzene rings is 1. The van der Waals surface area contributed by atoms with E-state index >= 15 is 0 Å². The van der Waals surface area contributed by atoms with Gasteiger partial charge in [-0.1, -0.05) is 88.5 Å². The van der Waals surface area contributed by atoms with E-state index < -0.39 is 17.9 Å². The molecule has 8 heteroatoms. The highest BCUT2D eigenvalue weighted by molar-refractivity contribution is 8.00. The van der Waals surface area contributed by atoms with Crippen LogP contribution in [0.15, 0.2) is 79.0 Å². The van der Waals surface area contributed by atoms with Crippen LogP contribution in [0.3, 0.4) is 0 Å². The molecule has 0 radical (unpaired) electrons. The molecule has 248 valence electrons. The number of aromatic carboxylic acids is 1. The number of hydrogen-bond donors (Lipinski definition) is 4. The second kappa shape index (κ2) is 24.8. The summed E-state index contributed by atoms with van der Waals surface area (Å²) in [6.45, 7) is 8.05. The number of aromatic hydroxyl groups is 1. The number of carbonyl (C=O) groups excluding carboxylic acids is 2. The molecule has 45 heavy (non-hydrogen) atoms. The zero-order valence-corrected chi connectivity index (χ0v) is 28.4. The van der Waals surface area contributed by atoms with Crippen LogP contribution in [0, 0.1) is 5.92 Å². The van der Waals surface area contributed by atoms with E-state index in [-0.39, 0.29) is 34.1 Å². The van der Waals surface area contributed by atoms with Crippen LogP contribution >= 0.6 is 11.8 Å². The number of anilines is 1. The largest absolute Gasteiger partial charge is 0.507 e. The highest BCUT2D eigenvalue weighted by Crippen LogP contribution is 2.22. The summed E-state index contributed by atoms with van der Waals surface area (Å²) in [4.78, 5) is 37.5. The standard InChI is InChI=1S/C37H54N2O5S/c1-5-7-8-9-10-11-12-13-14-15-16-17-18-19-20-21-22-23-26-45-34(6-2)36(42)39-32(27-29(3)4)35(41)38-30-24-25-33(40)31(28-30)37(43)44/h7-8,10-11,13-14,16-17,19-20,24-25,28-29,32,34,40H,5-6,9,12,15,18,21-23,26-27H2,1-4H3,(H,38,41)(H,39,42)(H,43,44)/t32?,34-/m1/s1. The van der Waals surface area contributed by atoms with E-state index in [4.69, 9.17) is 0 Å². The van der Waals surface area contributed by atoms with Gasteiger partial charge in [0.2, 0.25) is 11.8 Å². The Hall–Kier alpha value is -3.52. The van der Waals surface area contributed by atoms with Gasteiger partial charge in [-0.05, 0) is 94.1 Å². The highest BCUT2D eigenvalue weighted by Gasteiger charge is 2.26. The Balaban J connectivity index is 2.37. The first kappa shape index (κ1) is 39.5. The third-order valence-electron chi connectivity index (χ3n) is 6.74. The number of amides is 2. The van der Waals surface area contributed by atoms with Gasteiger partial charge in [0.15, 0.2) is 0 Å². The molecule has 1 aromatic rings. The van der Waals surface area contributed by atoms with Crippen LogP contribution in [-0.2, 0) is 9.59 Å². The Morgan fingerprint density at radius 2 is 1.40 bits per heavy atom. The molecule has 0 heterocycles. The average Bonchev–Trinajstić information content (AvgIpc) is 3.00. The van der Waals surface area contributed by atoms with Crippen LogP contribution < -0.4 is 10.6 Å². The van der Waals surface area contributed by atoms with Gasteiger partial charge in [0.1, 0.15) is 17.4 Å². The van der Waals surface area contributed by atoms with E-state index in [2.05, 4.69) is 78.3 Å². The fraction of sp³-hybridized carbons (Fsp3) is 0.486. The molecule has 1 unspecified atom stereocenters. The van der Waals surface area contributed by atoms with Crippen molar-refractivity contribution in [2.45, 2.75) is 103 Å². The lowest BCUT2D eigenvalue weighted by Gasteiger charge is -2.23. The molecular formula is C37H54N2O5S. The van der Waals surface area contributed by atoms with Gasteiger partial charge in [0, 0.05) is 5.69 Å². The van der Waals surface area contributed by atoms with Crippen molar-refractivity contribution in [3.63, 3.8) is 0 Å². The molecule has 2 atom stereocenters. The van der Waals surface area contributed by atoms with Gasteiger partial charge in [-0.3, -0.25) is 9.59 Å². The lowest BCUT2D eigenvalue weighted by Crippen LogP contribution is -2.47. The van der Waals surface area contributed by atoms with E-state index in [1.165, 1.54) is 18.2 Å². The van der Waals surface area contributed by atoms with Crippen molar-refractivity contribution in [2.75, 3.05) is 11.1 Å². The maximum atomic E-state index is 13.1. The number of rotatable bonds is 23. The van der Waals surface area contributed by atoms with Crippen molar-refractivity contribution in [3.8, 4) is 5.75 Å². The molecule has 7 nitrogen and oxygen atoms in total. The summed E-state index contributed by atoms with van der Waals surface area (Å²) in [5.74, 6) is -1.25. The van der Waals surface area contributed by atoms with Gasteiger partial charge < -0.3 is 20.8 Å². The van der Waals surface area contributed by atoms with Crippen LogP contribution in [0.1, 0.15) is 102 Å². The summed E-state index contributed by atoms with van der Waals surface area (Å²) >= 11 is 1.62. The molecule has 1 rings (SSSR count). The van der Waals surface area contributed by atoms with Crippen LogP contribution in [-0.4, -0.2) is 45.0 Å². The Kier molecular flexibility index (Phi) is 21.7. The first-order valence-corrected chi connectivity index (χ1v) is 17.3. The molecule has 0 aliphatic carbocycles. The predicted molar refractivity (Wildman–Crippen MR) is 190 cm³/mol. The van der Waals surface area contributed by atoms with Crippen LogP contribution in [0.2, 0.25) is 0 Å². The van der Waals surface area contributed by atoms with Crippen molar-refractivity contribution < 1.29 is 24.6 Å². The number of thioether (sulfide) groups is 1. The molecule has 0 bridgehead atoms. The van der Waals surface area contributed by atoms with E-state index in [1.807, 2.05) is 20.8 Å². The van der Waals surface area contributed by atoms with Crippen LogP contribution in [0.25, 0.3) is 0 Å². The SMILES string of the molecule is CCC=CCC=CCC=CCC=CCC=CCCCCS[C@H](CC)C(=O)NC(CC(C)C)C(=O)Nc1ccc(O)c(C(=O)O)c1. The number of carbonyl (C=O) groups is 3. The molecule has 0 saturated carbocycles. The van der Waals surface area contributed by atoms with Gasteiger partial charge in [0.05, 0.1) is 5.25 Å². The predicted octanol–water partition coefficient (Wildman–Crippen LogP) is 8.99. The zero-order chi connectivity index (χ0) is 33.3. The minimum absolute atomic E-state index is 0.152. The van der Waals surface area contributed by atoms with E-state index in [1.54, 1.807) is 11.8 Å². The third-order valence-corrected chi connectivity index (χ3v) is 8.21. The minimum Gasteiger partial charge on any atom is -0.507 e. The molecule has 0 spiro atoms. The second-order valence-corrected chi connectivity index (χ2v) is 12.5. The number of carboxylic acid groups (broad SMARTS) is 1. The Morgan fingerprint density at radius 3 is 1.93 bits per heavy atom. The normalized spacial score (nSPS) is 13.5. The van der Waals surface area contributed by atoms with Crippen molar-refractivity contribution in [3.05, 3.63) is 84.5 Å². The third kappa shape index (κ3) is 18.8. The Bertz CT molecular complexity index is 1170. The summed E-state index contributed by atoms with van der Waals surface area (Å²) in [6, 6.07) is 3.09. The quantitative estimate of drug-likeness (QED) is 0.0540. The van der Waals surface area contributed by atoms with Crippen molar-refractivity contribution in [1.82, 2.24) is 5.32 Å². The molecular weight excluding hydrogens is 584 g/mol. The summed E-state index contributed by atoms with van der Waals surface area (Å²) < 4.78 is 0. The van der Waals surface area contributed by atoms with Crippen molar-refractivity contribution in [1.29, 1.82) is 0 Å². The molecule has 0 fully saturated rings. The fourth-order valence-corrected chi connectivity index (χ4v) is 5.43. The number of allylic oxidation sites excluding steroid dienone is 10. The molecule has 0 aromatic heterocycles. The lowest BCUT2D eigenvalue weighted by molar-refractivity contribution is -0.126. The van der Waals surface area contributed by atoms with Gasteiger partial charge in [-0.2, -0.15) is 0 Å². The Labute approximate surface area is 275 Å². The zero-order valence-electron chi connectivity index (χ0n) is 27.5. The summed E-state index contributed by atoms with van der Waals surface area (Å²) in [7, 11) is 0. The molecule has 0 aliphatic heterocycles. The van der Waals surface area contributed by atoms with E-state index in [9.17, 15) is 24.6 Å². The number of phenols is 1. The summed E-state index contributed by atoms with van der Waals surface area (Å²) in [5.41, 5.74) is -0.0619. The topological polar surface area (TPSA) is 116 Å². The fourth-order valence-electron chi connectivity index (χ4n) is 4.32. The summed E-state index contributed by atoms with van der Waals surface area (Å²) in [6.07, 6.45) is 31.1. The maximum Gasteiger partial charge on any atom is 0.339 e. The number of nitrogens with one attached hydrogen (secondary N) is 2. The van der Waals surface area contributed by atoms with Gasteiger partial charge in [-0.25, -0.2) is 4.79 Å². The first-order valence-electron chi connectivity index (χ1n) is 16.2. The average molecular weight is 639 g/mol. The highest BCUT2D eigenvalue weighted by atomic mass is 32.2. The number of carboxylic acids is 1. The monoisotopic (exact) mass is 638 g/mol. The first-order chi connectivity index (χ1) is 21.7. The van der Waals surface area contributed by atoms with Gasteiger partial charge in [-0.15, -0.1) is 11.8 Å². The second-order valence-electron chi connectivity index (χ2n) is 11.2. The molecule has 4 N–H and O–H groups in total. The molecule has 1 aromatic carbocycles. The Morgan fingerprint density at radius 1 is 0.822 bits per heavy atom. The molecule has 0 aliphatic rings. The van der Waals surface area contributed by atoms with Crippen LogP contribution in [0.4, 0.5) is 5.69 Å². The van der Waals surface area contributed by atoms with Crippen molar-refractivity contribution in [2.24, 2.45) is 5.92 Å². The number of hydrogen-bond acceptors (Lipinski definition) is 5. The van der Waals surface area contributed by atoms with E-state index in [0.717, 1.165) is 57.1 Å². The minimum atomic E-state index is -1.30. The summed E-state index contributed by atoms with van der Waals surface area (Å²) in [5, 5.41) is 24.3. The number of unbranched alkanes of at least 4 members (excludes halogenated alkanes) is 2. The maximum absolute atomic E-state index is 13.1. The van der Waals surface area contributed by atoms with Crippen molar-refractivity contribution >= 4 is 35.2 Å². The van der Waals surface area contributed by atoms with E-state index in [0.29, 0.717) is 12.8 Å². The lowest BCUT2D eigenvalue weighted by atomic mass is 10.0. The smallest absolute Gasteiger partial charge is 0.339 e. The van der Waals surface area contributed by atoms with Gasteiger partial charge in [0.25, 0.3) is 0 Å². The van der Waals surface area contributed by atoms with Gasteiger partial charge >= 0.3 is 5.97 Å². The molecule has 0 saturated heterocycles.